The Hall–Kier alpha value is -3.10. The number of nitrogens with zero attached hydrogens (tertiary/aromatic N) is 3. The first-order valence-electron chi connectivity index (χ1n) is 12.8. The second-order valence-corrected chi connectivity index (χ2v) is 9.68. The van der Waals surface area contributed by atoms with E-state index in [1.54, 1.807) is 14.2 Å². The zero-order chi connectivity index (χ0) is 25.5. The lowest BCUT2D eigenvalue weighted by atomic mass is 10.0. The van der Waals surface area contributed by atoms with Crippen molar-refractivity contribution < 1.29 is 19.1 Å². The first kappa shape index (κ1) is 26.0. The van der Waals surface area contributed by atoms with Crippen LogP contribution in [0, 0.1) is 6.92 Å². The number of piperidine rings is 1. The van der Waals surface area contributed by atoms with Crippen molar-refractivity contribution in [1.29, 1.82) is 0 Å². The molecule has 1 N–H and O–H groups in total. The van der Waals surface area contributed by atoms with Crippen LogP contribution in [0.25, 0.3) is 0 Å². The Bertz CT molecular complexity index is 1030. The standard InChI is InChI=1S/C28H38N4O4/c1-21-17-25(35-2)26(36-3)18-23(21)19-31-13-15-32(16-14-31)27(33)20-30-11-9-24(10-12-30)29-28(34)22-7-5-4-6-8-22/h4-8,17-18,24H,9-16,19-20H2,1-3H3,(H,29,34). The minimum absolute atomic E-state index is 0.0220. The van der Waals surface area contributed by atoms with Crippen molar-refractivity contribution in [2.75, 3.05) is 60.0 Å². The van der Waals surface area contributed by atoms with Gasteiger partial charge in [-0.15, -0.1) is 0 Å². The molecule has 8 nitrogen and oxygen atoms in total. The minimum atomic E-state index is -0.0220. The molecule has 2 heterocycles. The third-order valence-corrected chi connectivity index (χ3v) is 7.28. The predicted octanol–water partition coefficient (Wildman–Crippen LogP) is 2.55. The first-order valence-corrected chi connectivity index (χ1v) is 12.8. The number of methoxy groups -OCH3 is 2. The first-order chi connectivity index (χ1) is 17.5. The number of rotatable bonds is 8. The zero-order valence-electron chi connectivity index (χ0n) is 21.7. The van der Waals surface area contributed by atoms with Crippen LogP contribution in [0.15, 0.2) is 42.5 Å². The molecule has 0 saturated carbocycles. The van der Waals surface area contributed by atoms with Gasteiger partial charge in [0.25, 0.3) is 5.91 Å². The molecular formula is C28H38N4O4. The minimum Gasteiger partial charge on any atom is -0.493 e. The third kappa shape index (κ3) is 6.56. The summed E-state index contributed by atoms with van der Waals surface area (Å²) in [7, 11) is 3.31. The summed E-state index contributed by atoms with van der Waals surface area (Å²) in [5, 5.41) is 3.13. The van der Waals surface area contributed by atoms with Gasteiger partial charge in [-0.05, 0) is 55.2 Å². The van der Waals surface area contributed by atoms with Crippen molar-refractivity contribution >= 4 is 11.8 Å². The van der Waals surface area contributed by atoms with E-state index in [0.29, 0.717) is 12.1 Å². The van der Waals surface area contributed by atoms with E-state index in [1.165, 1.54) is 11.1 Å². The number of carbonyl (C=O) groups excluding carboxylic acids is 2. The lowest BCUT2D eigenvalue weighted by Crippen LogP contribution is -2.52. The second-order valence-electron chi connectivity index (χ2n) is 9.68. The molecule has 2 amide bonds. The maximum absolute atomic E-state index is 12.9. The Morgan fingerprint density at radius 3 is 2.17 bits per heavy atom. The van der Waals surface area contributed by atoms with Gasteiger partial charge in [-0.1, -0.05) is 18.2 Å². The topological polar surface area (TPSA) is 74.4 Å². The number of hydrogen-bond acceptors (Lipinski definition) is 6. The van der Waals surface area contributed by atoms with Crippen LogP contribution < -0.4 is 14.8 Å². The summed E-state index contributed by atoms with van der Waals surface area (Å²) >= 11 is 0. The largest absolute Gasteiger partial charge is 0.493 e. The van der Waals surface area contributed by atoms with Crippen molar-refractivity contribution in [1.82, 2.24) is 20.0 Å². The molecule has 4 rings (SSSR count). The van der Waals surface area contributed by atoms with Gasteiger partial charge >= 0.3 is 0 Å². The Kier molecular flexibility index (Phi) is 8.83. The summed E-state index contributed by atoms with van der Waals surface area (Å²) in [5.74, 6) is 1.67. The number of likely N-dealkylation sites (tertiary alicyclic amines) is 1. The Labute approximate surface area is 214 Å². The Morgan fingerprint density at radius 2 is 1.53 bits per heavy atom. The molecule has 194 valence electrons. The van der Waals surface area contributed by atoms with Crippen LogP contribution in [0.4, 0.5) is 0 Å². The van der Waals surface area contributed by atoms with Crippen LogP contribution in [0.5, 0.6) is 11.5 Å². The highest BCUT2D eigenvalue weighted by molar-refractivity contribution is 5.94. The highest BCUT2D eigenvalue weighted by atomic mass is 16.5. The summed E-state index contributed by atoms with van der Waals surface area (Å²) in [5.41, 5.74) is 3.08. The normalized spacial score (nSPS) is 17.6. The summed E-state index contributed by atoms with van der Waals surface area (Å²) in [6, 6.07) is 13.6. The Balaban J connectivity index is 1.19. The molecule has 0 bridgehead atoms. The van der Waals surface area contributed by atoms with Gasteiger partial charge in [0.1, 0.15) is 0 Å². The van der Waals surface area contributed by atoms with Crippen LogP contribution in [-0.2, 0) is 11.3 Å². The van der Waals surface area contributed by atoms with E-state index in [9.17, 15) is 9.59 Å². The molecule has 2 aromatic rings. The molecule has 0 aliphatic carbocycles. The van der Waals surface area contributed by atoms with Crippen molar-refractivity contribution in [3.8, 4) is 11.5 Å². The van der Waals surface area contributed by atoms with Gasteiger partial charge in [0.05, 0.1) is 20.8 Å². The van der Waals surface area contributed by atoms with E-state index in [2.05, 4.69) is 28.1 Å². The van der Waals surface area contributed by atoms with Gasteiger partial charge in [-0.2, -0.15) is 0 Å². The van der Waals surface area contributed by atoms with E-state index >= 15 is 0 Å². The maximum Gasteiger partial charge on any atom is 0.251 e. The molecule has 2 fully saturated rings. The summed E-state index contributed by atoms with van der Waals surface area (Å²) in [4.78, 5) is 31.9. The number of aryl methyl sites for hydroxylation is 1. The third-order valence-electron chi connectivity index (χ3n) is 7.28. The van der Waals surface area contributed by atoms with E-state index in [-0.39, 0.29) is 17.9 Å². The molecular weight excluding hydrogens is 456 g/mol. The highest BCUT2D eigenvalue weighted by Gasteiger charge is 2.26. The molecule has 2 aliphatic rings. The van der Waals surface area contributed by atoms with E-state index in [0.717, 1.165) is 70.2 Å². The van der Waals surface area contributed by atoms with Crippen LogP contribution in [0.1, 0.15) is 34.3 Å². The van der Waals surface area contributed by atoms with E-state index in [1.807, 2.05) is 41.3 Å². The number of benzene rings is 2. The number of ether oxygens (including phenoxy) is 2. The lowest BCUT2D eigenvalue weighted by molar-refractivity contribution is -0.134. The fourth-order valence-corrected chi connectivity index (χ4v) is 4.97. The number of amides is 2. The summed E-state index contributed by atoms with van der Waals surface area (Å²) < 4.78 is 10.9. The molecule has 0 radical (unpaired) electrons. The van der Waals surface area contributed by atoms with E-state index < -0.39 is 0 Å². The number of carbonyl (C=O) groups is 2. The van der Waals surface area contributed by atoms with Gasteiger partial charge < -0.3 is 19.7 Å². The molecule has 0 aromatic heterocycles. The van der Waals surface area contributed by atoms with Crippen molar-refractivity contribution in [3.05, 3.63) is 59.2 Å². The van der Waals surface area contributed by atoms with E-state index in [4.69, 9.17) is 9.47 Å². The molecule has 2 saturated heterocycles. The van der Waals surface area contributed by atoms with Crippen LogP contribution in [-0.4, -0.2) is 92.6 Å². The fraction of sp³-hybridized carbons (Fsp3) is 0.500. The number of piperazine rings is 1. The van der Waals surface area contributed by atoms with Gasteiger partial charge in [-0.25, -0.2) is 0 Å². The maximum atomic E-state index is 12.9. The SMILES string of the molecule is COc1cc(C)c(CN2CCN(C(=O)CN3CCC(NC(=O)c4ccccc4)CC3)CC2)cc1OC. The average Bonchev–Trinajstić information content (AvgIpc) is 2.91. The van der Waals surface area contributed by atoms with Gasteiger partial charge in [0.15, 0.2) is 11.5 Å². The molecule has 0 atom stereocenters. The highest BCUT2D eigenvalue weighted by Crippen LogP contribution is 2.31. The smallest absolute Gasteiger partial charge is 0.251 e. The quantitative estimate of drug-likeness (QED) is 0.608. The predicted molar refractivity (Wildman–Crippen MR) is 140 cm³/mol. The fourth-order valence-electron chi connectivity index (χ4n) is 4.97. The van der Waals surface area contributed by atoms with Crippen LogP contribution in [0.3, 0.4) is 0 Å². The number of nitrogens with one attached hydrogen (secondary N) is 1. The average molecular weight is 495 g/mol. The van der Waals surface area contributed by atoms with Crippen LogP contribution in [0.2, 0.25) is 0 Å². The molecule has 2 aliphatic heterocycles. The molecule has 8 heteroatoms. The lowest BCUT2D eigenvalue weighted by Gasteiger charge is -2.37. The number of hydrogen-bond donors (Lipinski definition) is 1. The van der Waals surface area contributed by atoms with Crippen LogP contribution >= 0.6 is 0 Å². The van der Waals surface area contributed by atoms with Gasteiger partial charge in [0.2, 0.25) is 5.91 Å². The van der Waals surface area contributed by atoms with Crippen molar-refractivity contribution in [2.45, 2.75) is 32.4 Å². The van der Waals surface area contributed by atoms with Crippen molar-refractivity contribution in [2.24, 2.45) is 0 Å². The van der Waals surface area contributed by atoms with Crippen molar-refractivity contribution in [3.63, 3.8) is 0 Å². The molecule has 0 unspecified atom stereocenters. The molecule has 2 aromatic carbocycles. The van der Waals surface area contributed by atoms with Gasteiger partial charge in [0, 0.05) is 57.4 Å². The summed E-state index contributed by atoms with van der Waals surface area (Å²) in [6.07, 6.45) is 1.73. The molecule has 36 heavy (non-hydrogen) atoms. The monoisotopic (exact) mass is 494 g/mol. The summed E-state index contributed by atoms with van der Waals surface area (Å²) in [6.45, 7) is 8.22. The second kappa shape index (κ2) is 12.2. The van der Waals surface area contributed by atoms with Gasteiger partial charge in [-0.3, -0.25) is 19.4 Å². The zero-order valence-corrected chi connectivity index (χ0v) is 21.7. The molecule has 0 spiro atoms. The Morgan fingerprint density at radius 1 is 0.889 bits per heavy atom.